The van der Waals surface area contributed by atoms with Gasteiger partial charge in [-0.1, -0.05) is 13.8 Å². The van der Waals surface area contributed by atoms with Crippen LogP contribution in [0, 0.1) is 5.95 Å². The number of carbonyl (C=O) groups is 1. The first kappa shape index (κ1) is 22.2. The molecular formula is C23H27FN8O2. The van der Waals surface area contributed by atoms with Gasteiger partial charge in [0, 0.05) is 23.9 Å². The molecule has 4 heterocycles. The predicted octanol–water partition coefficient (Wildman–Crippen LogP) is 3.19. The monoisotopic (exact) mass is 466 g/mol. The van der Waals surface area contributed by atoms with Gasteiger partial charge in [-0.2, -0.15) is 14.5 Å². The zero-order valence-electron chi connectivity index (χ0n) is 19.0. The molecule has 4 N–H and O–H groups in total. The minimum atomic E-state index is -0.678. The SMILES string of the molecule is CC(C)c1cc(Nc2nc(N3CCC[C@H]3C(=O)Nc3ccc(F)nc3)nc3c2CCC3O)n[nH]1. The van der Waals surface area contributed by atoms with Crippen LogP contribution in [0.4, 0.5) is 27.7 Å². The summed E-state index contributed by atoms with van der Waals surface area (Å²) in [5, 5.41) is 24.0. The molecule has 1 unspecified atom stereocenters. The van der Waals surface area contributed by atoms with Gasteiger partial charge in [-0.15, -0.1) is 0 Å². The molecule has 0 spiro atoms. The number of hydrogen-bond donors (Lipinski definition) is 4. The maximum Gasteiger partial charge on any atom is 0.247 e. The fourth-order valence-corrected chi connectivity index (χ4v) is 4.43. The van der Waals surface area contributed by atoms with E-state index in [9.17, 15) is 14.3 Å². The van der Waals surface area contributed by atoms with Gasteiger partial charge >= 0.3 is 0 Å². The summed E-state index contributed by atoms with van der Waals surface area (Å²) >= 11 is 0. The van der Waals surface area contributed by atoms with E-state index in [1.165, 1.54) is 18.3 Å². The first-order chi connectivity index (χ1) is 16.4. The van der Waals surface area contributed by atoms with Crippen molar-refractivity contribution in [3.8, 4) is 0 Å². The molecule has 0 aromatic carbocycles. The van der Waals surface area contributed by atoms with E-state index in [4.69, 9.17) is 4.98 Å². The van der Waals surface area contributed by atoms with Gasteiger partial charge in [0.25, 0.3) is 0 Å². The Morgan fingerprint density at radius 3 is 2.88 bits per heavy atom. The van der Waals surface area contributed by atoms with Crippen LogP contribution in [0.3, 0.4) is 0 Å². The smallest absolute Gasteiger partial charge is 0.247 e. The summed E-state index contributed by atoms with van der Waals surface area (Å²) in [6.45, 7) is 4.76. The second-order valence-electron chi connectivity index (χ2n) is 8.99. The van der Waals surface area contributed by atoms with Crippen molar-refractivity contribution < 1.29 is 14.3 Å². The Kier molecular flexibility index (Phi) is 5.86. The molecule has 1 aliphatic heterocycles. The number of anilines is 4. The van der Waals surface area contributed by atoms with E-state index in [1.54, 1.807) is 0 Å². The topological polar surface area (TPSA) is 132 Å². The van der Waals surface area contributed by atoms with Gasteiger partial charge in [0.05, 0.1) is 23.7 Å². The zero-order valence-corrected chi connectivity index (χ0v) is 19.0. The molecule has 34 heavy (non-hydrogen) atoms. The van der Waals surface area contributed by atoms with Crippen molar-refractivity contribution in [3.63, 3.8) is 0 Å². The van der Waals surface area contributed by atoms with Crippen LogP contribution in [-0.2, 0) is 11.2 Å². The highest BCUT2D eigenvalue weighted by Gasteiger charge is 2.35. The summed E-state index contributed by atoms with van der Waals surface area (Å²) in [6.07, 6.45) is 3.25. The van der Waals surface area contributed by atoms with Crippen LogP contribution in [0.15, 0.2) is 24.4 Å². The number of fused-ring (bicyclic) bond motifs is 1. The van der Waals surface area contributed by atoms with E-state index in [-0.39, 0.29) is 5.91 Å². The van der Waals surface area contributed by atoms with Gasteiger partial charge in [-0.3, -0.25) is 9.89 Å². The third kappa shape index (κ3) is 4.30. The van der Waals surface area contributed by atoms with Crippen molar-refractivity contribution in [2.45, 2.75) is 57.6 Å². The van der Waals surface area contributed by atoms with Crippen molar-refractivity contribution in [2.24, 2.45) is 0 Å². The van der Waals surface area contributed by atoms with E-state index in [0.29, 0.717) is 60.7 Å². The number of aliphatic hydroxyl groups is 1. The molecule has 5 rings (SSSR count). The van der Waals surface area contributed by atoms with Crippen LogP contribution < -0.4 is 15.5 Å². The van der Waals surface area contributed by atoms with Crippen LogP contribution >= 0.6 is 0 Å². The van der Waals surface area contributed by atoms with E-state index < -0.39 is 18.1 Å². The number of H-pyrrole nitrogens is 1. The first-order valence-corrected chi connectivity index (χ1v) is 11.5. The van der Waals surface area contributed by atoms with Crippen LogP contribution in [0.2, 0.25) is 0 Å². The second-order valence-corrected chi connectivity index (χ2v) is 8.99. The van der Waals surface area contributed by atoms with Gasteiger partial charge in [-0.25, -0.2) is 9.97 Å². The van der Waals surface area contributed by atoms with Crippen LogP contribution in [0.1, 0.15) is 62.1 Å². The van der Waals surface area contributed by atoms with Gasteiger partial charge in [0.2, 0.25) is 17.8 Å². The van der Waals surface area contributed by atoms with Crippen LogP contribution in [0.5, 0.6) is 0 Å². The molecule has 178 valence electrons. The molecule has 11 heteroatoms. The molecular weight excluding hydrogens is 439 g/mol. The molecule has 3 aromatic heterocycles. The number of hydrogen-bond acceptors (Lipinski definition) is 8. The molecule has 1 amide bonds. The summed E-state index contributed by atoms with van der Waals surface area (Å²) in [5.74, 6) is 1.07. The number of rotatable bonds is 6. The highest BCUT2D eigenvalue weighted by Crippen LogP contribution is 2.37. The number of nitrogens with zero attached hydrogens (tertiary/aromatic N) is 5. The normalized spacial score (nSPS) is 19.5. The molecule has 2 aliphatic rings. The standard InChI is InChI=1S/C23H27FN8O2/c1-12(2)15-10-19(31-30-15)27-21-14-6-7-17(33)20(14)28-23(29-21)32-9-3-4-16(32)22(34)26-13-5-8-18(24)25-11-13/h5,8,10-12,16-17,33H,3-4,6-7,9H2,1-2H3,(H,26,34)(H2,27,28,29,30,31)/t16-,17?/m0/s1. The van der Waals surface area contributed by atoms with Crippen LogP contribution in [-0.4, -0.2) is 48.7 Å². The Morgan fingerprint density at radius 1 is 1.29 bits per heavy atom. The van der Waals surface area contributed by atoms with E-state index >= 15 is 0 Å². The number of aliphatic hydroxyl groups excluding tert-OH is 1. The lowest BCUT2D eigenvalue weighted by atomic mass is 10.1. The molecule has 2 atom stereocenters. The largest absolute Gasteiger partial charge is 0.387 e. The van der Waals surface area contributed by atoms with Crippen molar-refractivity contribution in [1.29, 1.82) is 0 Å². The Bertz CT molecular complexity index is 1200. The van der Waals surface area contributed by atoms with Gasteiger partial charge in [-0.05, 0) is 43.7 Å². The summed E-state index contributed by atoms with van der Waals surface area (Å²) in [6, 6.07) is 4.11. The molecule has 0 bridgehead atoms. The maximum atomic E-state index is 13.1. The Balaban J connectivity index is 1.42. The Labute approximate surface area is 196 Å². The number of halogens is 1. The average Bonchev–Trinajstić information content (AvgIpc) is 3.56. The zero-order chi connectivity index (χ0) is 23.8. The minimum Gasteiger partial charge on any atom is -0.387 e. The fraction of sp³-hybridized carbons (Fsp3) is 0.435. The highest BCUT2D eigenvalue weighted by atomic mass is 19.1. The lowest BCUT2D eigenvalue weighted by molar-refractivity contribution is -0.117. The number of pyridine rings is 1. The van der Waals surface area contributed by atoms with Crippen LogP contribution in [0.25, 0.3) is 0 Å². The number of aromatic amines is 1. The molecule has 0 radical (unpaired) electrons. The minimum absolute atomic E-state index is 0.237. The molecule has 1 saturated heterocycles. The third-order valence-electron chi connectivity index (χ3n) is 6.28. The van der Waals surface area contributed by atoms with Gasteiger partial charge in [0.15, 0.2) is 5.82 Å². The quantitative estimate of drug-likeness (QED) is 0.407. The summed E-state index contributed by atoms with van der Waals surface area (Å²) < 4.78 is 13.1. The fourth-order valence-electron chi connectivity index (χ4n) is 4.43. The lowest BCUT2D eigenvalue weighted by Crippen LogP contribution is -2.40. The Morgan fingerprint density at radius 2 is 2.15 bits per heavy atom. The van der Waals surface area contributed by atoms with Crippen molar-refractivity contribution in [1.82, 2.24) is 25.1 Å². The number of carbonyl (C=O) groups excluding carboxylic acids is 1. The molecule has 10 nitrogen and oxygen atoms in total. The van der Waals surface area contributed by atoms with E-state index in [1.807, 2.05) is 11.0 Å². The van der Waals surface area contributed by atoms with Crippen molar-refractivity contribution in [3.05, 3.63) is 47.3 Å². The second kappa shape index (κ2) is 8.98. The van der Waals surface area contributed by atoms with Gasteiger partial charge in [0.1, 0.15) is 11.9 Å². The predicted molar refractivity (Wildman–Crippen MR) is 124 cm³/mol. The molecule has 0 saturated carbocycles. The molecule has 1 aliphatic carbocycles. The average molecular weight is 467 g/mol. The number of aromatic nitrogens is 5. The summed E-state index contributed by atoms with van der Waals surface area (Å²) in [4.78, 5) is 27.9. The van der Waals surface area contributed by atoms with E-state index in [0.717, 1.165) is 17.7 Å². The van der Waals surface area contributed by atoms with E-state index in [2.05, 4.69) is 44.6 Å². The van der Waals surface area contributed by atoms with Crippen molar-refractivity contribution >= 4 is 29.2 Å². The highest BCUT2D eigenvalue weighted by molar-refractivity contribution is 5.96. The van der Waals surface area contributed by atoms with Crippen molar-refractivity contribution in [2.75, 3.05) is 22.1 Å². The molecule has 1 fully saturated rings. The summed E-state index contributed by atoms with van der Waals surface area (Å²) in [5.41, 5.74) is 2.87. The first-order valence-electron chi connectivity index (χ1n) is 11.5. The lowest BCUT2D eigenvalue weighted by Gasteiger charge is -2.25. The number of amides is 1. The molecule has 3 aromatic rings. The maximum absolute atomic E-state index is 13.1. The summed E-state index contributed by atoms with van der Waals surface area (Å²) in [7, 11) is 0. The number of nitrogens with one attached hydrogen (secondary N) is 3. The van der Waals surface area contributed by atoms with Gasteiger partial charge < -0.3 is 20.6 Å². The Hall–Kier alpha value is -3.60. The third-order valence-corrected chi connectivity index (χ3v) is 6.28.